The lowest BCUT2D eigenvalue weighted by atomic mass is 10.1. The first-order valence-electron chi connectivity index (χ1n) is 31.6. The Labute approximate surface area is 551 Å². The zero-order valence-electron chi connectivity index (χ0n) is 53.9. The number of phenols is 1. The molecule has 10 aromatic rings. The highest BCUT2D eigenvalue weighted by Gasteiger charge is 2.20. The standard InChI is InChI=1S/C39H41NO6.C22H24ClNO2.C17H18O4/c1-4-15-31-34(20-13-21-35(31)46-36-19-10-9-18-32(36)39(41)42-3)43-24-14-25-44-37-27-38(45-28-29-16-7-6-8-17-29)33(26-30(37)5-2)40-22-11-12-23-40;1-2-19-15-20(24-12-6-7-13-24)22(16-21(19)25-14-8-11-23)26-17-18-9-4-3-5-10-18;1-3-7-12-14(18)9-6-11-15(12)21-16-10-5-4-8-13(16)17(19)20-2/h6-13,16-23,26-27H,4-5,14-15,24-25,28H2,1-3H3;3-7,9-10,12-13,15-16H,2,8,11,14,17H2,1H3;4-6,8-11,18H,3,7H2,1-2H3. The van der Waals surface area contributed by atoms with Crippen molar-refractivity contribution in [1.82, 2.24) is 9.13 Å². The second-order valence-corrected chi connectivity index (χ2v) is 21.8. The van der Waals surface area contributed by atoms with Crippen LogP contribution in [0.25, 0.3) is 11.4 Å². The molecule has 0 aliphatic rings. The van der Waals surface area contributed by atoms with Crippen molar-refractivity contribution in [2.45, 2.75) is 92.3 Å². The Morgan fingerprint density at radius 1 is 0.409 bits per heavy atom. The Balaban J connectivity index is 0.000000199. The number of benzene rings is 8. The van der Waals surface area contributed by atoms with Gasteiger partial charge in [-0.25, -0.2) is 9.59 Å². The zero-order valence-corrected chi connectivity index (χ0v) is 54.7. The van der Waals surface area contributed by atoms with Crippen LogP contribution in [0, 0.1) is 0 Å². The normalized spacial score (nSPS) is 10.6. The summed E-state index contributed by atoms with van der Waals surface area (Å²) in [6.07, 6.45) is 14.6. The van der Waals surface area contributed by atoms with E-state index in [4.69, 9.17) is 54.2 Å². The third-order valence-electron chi connectivity index (χ3n) is 14.8. The molecule has 8 aromatic carbocycles. The quantitative estimate of drug-likeness (QED) is 0.0260. The molecule has 0 bridgehead atoms. The van der Waals surface area contributed by atoms with Crippen LogP contribution in [0.2, 0.25) is 0 Å². The largest absolute Gasteiger partial charge is 0.508 e. The van der Waals surface area contributed by atoms with Crippen LogP contribution in [-0.2, 0) is 48.4 Å². The Morgan fingerprint density at radius 2 is 0.806 bits per heavy atom. The fraction of sp³-hybridized carbons (Fsp3) is 0.256. The molecule has 0 atom stereocenters. The van der Waals surface area contributed by atoms with E-state index in [0.717, 1.165) is 112 Å². The summed E-state index contributed by atoms with van der Waals surface area (Å²) in [5.74, 6) is 5.97. The van der Waals surface area contributed by atoms with Crippen molar-refractivity contribution in [3.8, 4) is 68.9 Å². The number of rotatable bonds is 30. The summed E-state index contributed by atoms with van der Waals surface area (Å²) < 4.78 is 56.9. The van der Waals surface area contributed by atoms with Gasteiger partial charge in [-0.2, -0.15) is 0 Å². The molecule has 15 heteroatoms. The van der Waals surface area contributed by atoms with Gasteiger partial charge in [0, 0.05) is 60.3 Å². The highest BCUT2D eigenvalue weighted by Crippen LogP contribution is 2.38. The van der Waals surface area contributed by atoms with Gasteiger partial charge in [-0.1, -0.05) is 138 Å². The molecule has 2 aromatic heterocycles. The molecule has 0 saturated heterocycles. The molecule has 0 spiro atoms. The third kappa shape index (κ3) is 19.7. The first-order chi connectivity index (χ1) is 45.6. The lowest BCUT2D eigenvalue weighted by Crippen LogP contribution is -2.09. The van der Waals surface area contributed by atoms with Crippen molar-refractivity contribution in [2.24, 2.45) is 0 Å². The predicted octanol–water partition coefficient (Wildman–Crippen LogP) is 18.5. The molecule has 0 saturated carbocycles. The molecule has 0 fully saturated rings. The van der Waals surface area contributed by atoms with Gasteiger partial charge in [0.05, 0.1) is 45.4 Å². The van der Waals surface area contributed by atoms with Crippen LogP contribution in [0.5, 0.6) is 57.5 Å². The highest BCUT2D eigenvalue weighted by molar-refractivity contribution is 6.17. The monoisotopic (exact) mass is 1270 g/mol. The zero-order chi connectivity index (χ0) is 65.6. The SMILES string of the molecule is CCCc1c(O)cccc1Oc1ccccc1C(=O)OC.CCCc1c(OCCCOc2cc(OCc3ccccc3)c(-n3cccc3)cc2CC)cccc1Oc1ccccc1C(=O)OC.CCc1cc(-n2cccc2)c(OCc2ccccc2)cc1OCCCCl. The van der Waals surface area contributed by atoms with Crippen LogP contribution in [0.4, 0.5) is 0 Å². The number of para-hydroxylation sites is 2. The number of carbonyl (C=O) groups excluding carboxylic acids is 2. The summed E-state index contributed by atoms with van der Waals surface area (Å²) in [6.45, 7) is 10.9. The van der Waals surface area contributed by atoms with E-state index in [0.29, 0.717) is 85.9 Å². The number of hydrogen-bond donors (Lipinski definition) is 1. The van der Waals surface area contributed by atoms with E-state index in [2.05, 4.69) is 66.3 Å². The number of nitrogens with zero attached hydrogens (tertiary/aromatic N) is 2. The van der Waals surface area contributed by atoms with Crippen molar-refractivity contribution in [3.63, 3.8) is 0 Å². The average Bonchev–Trinajstić information content (AvgIpc) is 2.49. The van der Waals surface area contributed by atoms with Crippen LogP contribution >= 0.6 is 11.6 Å². The summed E-state index contributed by atoms with van der Waals surface area (Å²) in [5, 5.41) is 9.95. The second kappa shape index (κ2) is 36.7. The van der Waals surface area contributed by atoms with E-state index in [1.807, 2.05) is 129 Å². The van der Waals surface area contributed by atoms with E-state index < -0.39 is 11.9 Å². The molecule has 0 unspecified atom stereocenters. The highest BCUT2D eigenvalue weighted by atomic mass is 35.5. The maximum atomic E-state index is 12.3. The fourth-order valence-corrected chi connectivity index (χ4v) is 10.2. The Bertz CT molecular complexity index is 3890. The summed E-state index contributed by atoms with van der Waals surface area (Å²) >= 11 is 5.78. The summed E-state index contributed by atoms with van der Waals surface area (Å²) in [4.78, 5) is 24.0. The lowest BCUT2D eigenvalue weighted by molar-refractivity contribution is 0.0588. The van der Waals surface area contributed by atoms with Gasteiger partial charge in [-0.05, 0) is 139 Å². The minimum Gasteiger partial charge on any atom is -0.508 e. The van der Waals surface area contributed by atoms with Crippen molar-refractivity contribution < 1.29 is 57.3 Å². The minimum atomic E-state index is -0.456. The second-order valence-electron chi connectivity index (χ2n) is 21.4. The molecule has 1 N–H and O–H groups in total. The number of aromatic nitrogens is 2. The molecule has 2 heterocycles. The van der Waals surface area contributed by atoms with Crippen molar-refractivity contribution in [1.29, 1.82) is 0 Å². The molecule has 14 nitrogen and oxygen atoms in total. The number of hydrogen-bond acceptors (Lipinski definition) is 12. The Kier molecular flexibility index (Phi) is 27.2. The topological polar surface area (TPSA) is 147 Å². The number of ether oxygens (including phenoxy) is 9. The number of halogens is 1. The molecule has 0 aliphatic heterocycles. The number of esters is 2. The molecule has 484 valence electrons. The van der Waals surface area contributed by atoms with Crippen molar-refractivity contribution in [2.75, 3.05) is 39.9 Å². The Hall–Kier alpha value is -10.1. The number of alkyl halides is 1. The van der Waals surface area contributed by atoms with Gasteiger partial charge in [-0.3, -0.25) is 0 Å². The number of carbonyl (C=O) groups is 2. The average molecular weight is 1280 g/mol. The predicted molar refractivity (Wildman–Crippen MR) is 367 cm³/mol. The van der Waals surface area contributed by atoms with E-state index in [-0.39, 0.29) is 5.75 Å². The van der Waals surface area contributed by atoms with E-state index in [1.54, 1.807) is 60.7 Å². The van der Waals surface area contributed by atoms with Crippen LogP contribution in [0.3, 0.4) is 0 Å². The van der Waals surface area contributed by atoms with E-state index >= 15 is 0 Å². The van der Waals surface area contributed by atoms with Gasteiger partial charge in [0.2, 0.25) is 0 Å². The smallest absolute Gasteiger partial charge is 0.341 e. The van der Waals surface area contributed by atoms with Gasteiger partial charge in [0.15, 0.2) is 0 Å². The number of aryl methyl sites for hydroxylation is 2. The maximum Gasteiger partial charge on any atom is 0.341 e. The Morgan fingerprint density at radius 3 is 1.26 bits per heavy atom. The molecule has 10 rings (SSSR count). The van der Waals surface area contributed by atoms with Crippen molar-refractivity contribution in [3.05, 3.63) is 263 Å². The molecule has 0 amide bonds. The molecular weight excluding hydrogens is 1190 g/mol. The number of phenolic OH excluding ortho intramolecular Hbond substituents is 1. The van der Waals surface area contributed by atoms with Crippen LogP contribution in [-0.4, -0.2) is 66.1 Å². The molecule has 0 radical (unpaired) electrons. The van der Waals surface area contributed by atoms with Crippen LogP contribution < -0.4 is 33.2 Å². The maximum absolute atomic E-state index is 12.3. The van der Waals surface area contributed by atoms with Crippen molar-refractivity contribution >= 4 is 23.5 Å². The van der Waals surface area contributed by atoms with Gasteiger partial charge < -0.3 is 56.9 Å². The lowest BCUT2D eigenvalue weighted by Gasteiger charge is -2.19. The summed E-state index contributed by atoms with van der Waals surface area (Å²) in [5.41, 5.74) is 8.93. The van der Waals surface area contributed by atoms with E-state index in [1.165, 1.54) is 14.2 Å². The van der Waals surface area contributed by atoms with Crippen LogP contribution in [0.1, 0.15) is 107 Å². The number of aromatic hydroxyl groups is 1. The van der Waals surface area contributed by atoms with Gasteiger partial charge in [0.1, 0.15) is 81.8 Å². The summed E-state index contributed by atoms with van der Waals surface area (Å²) in [7, 11) is 2.69. The van der Waals surface area contributed by atoms with Crippen LogP contribution in [0.15, 0.2) is 219 Å². The molecule has 0 aliphatic carbocycles. The fourth-order valence-electron chi connectivity index (χ4n) is 10.1. The number of methoxy groups -OCH3 is 2. The van der Waals surface area contributed by atoms with Gasteiger partial charge in [0.25, 0.3) is 0 Å². The van der Waals surface area contributed by atoms with Gasteiger partial charge >= 0.3 is 11.9 Å². The third-order valence-corrected chi connectivity index (χ3v) is 15.1. The first-order valence-corrected chi connectivity index (χ1v) is 32.1. The van der Waals surface area contributed by atoms with Gasteiger partial charge in [-0.15, -0.1) is 11.6 Å². The van der Waals surface area contributed by atoms with E-state index in [9.17, 15) is 14.7 Å². The molecule has 93 heavy (non-hydrogen) atoms. The first kappa shape index (κ1) is 68.9. The molecular formula is C78H83ClN2O12. The summed E-state index contributed by atoms with van der Waals surface area (Å²) in [6, 6.07) is 61.5. The minimum absolute atomic E-state index is 0.199.